The topological polar surface area (TPSA) is 63.8 Å². The standard InChI is InChI=1S/C24H17F3N2O3/c1-32-21-12-5-4-11-20(21)29-22(30)18-10-3-2-9-17(18)19(23(29)31)14-28-16-8-6-7-15(13-16)24(25,26)27/h2-14,31H,1H3. The van der Waals surface area contributed by atoms with Crippen molar-refractivity contribution in [1.82, 2.24) is 4.57 Å². The minimum atomic E-state index is -4.50. The number of benzene rings is 3. The van der Waals surface area contributed by atoms with Crippen LogP contribution in [0.1, 0.15) is 11.1 Å². The third kappa shape index (κ3) is 3.82. The number of aromatic nitrogens is 1. The molecular formula is C24H17F3N2O3. The van der Waals surface area contributed by atoms with Crippen molar-refractivity contribution in [3.8, 4) is 17.3 Å². The zero-order chi connectivity index (χ0) is 22.9. The summed E-state index contributed by atoms with van der Waals surface area (Å²) in [7, 11) is 1.44. The number of nitrogens with zero attached hydrogens (tertiary/aromatic N) is 2. The van der Waals surface area contributed by atoms with Crippen molar-refractivity contribution in [3.05, 3.63) is 94.3 Å². The summed E-state index contributed by atoms with van der Waals surface area (Å²) < 4.78 is 45.5. The van der Waals surface area contributed by atoms with E-state index in [2.05, 4.69) is 4.99 Å². The average molecular weight is 438 g/mol. The van der Waals surface area contributed by atoms with Gasteiger partial charge in [-0.2, -0.15) is 13.2 Å². The number of pyridine rings is 1. The second-order valence-electron chi connectivity index (χ2n) is 6.90. The van der Waals surface area contributed by atoms with Gasteiger partial charge < -0.3 is 9.84 Å². The van der Waals surface area contributed by atoms with Gasteiger partial charge >= 0.3 is 6.18 Å². The van der Waals surface area contributed by atoms with Gasteiger partial charge in [0.25, 0.3) is 5.56 Å². The highest BCUT2D eigenvalue weighted by molar-refractivity contribution is 6.02. The van der Waals surface area contributed by atoms with Crippen molar-refractivity contribution in [2.75, 3.05) is 7.11 Å². The molecule has 0 aliphatic rings. The summed E-state index contributed by atoms with van der Waals surface area (Å²) in [6.45, 7) is 0. The average Bonchev–Trinajstić information content (AvgIpc) is 2.79. The Morgan fingerprint density at radius 1 is 0.969 bits per heavy atom. The van der Waals surface area contributed by atoms with Gasteiger partial charge in [0, 0.05) is 17.0 Å². The molecule has 0 saturated carbocycles. The fraction of sp³-hybridized carbons (Fsp3) is 0.0833. The van der Waals surface area contributed by atoms with Crippen molar-refractivity contribution in [1.29, 1.82) is 0 Å². The number of aliphatic imine (C=N–C) groups is 1. The molecule has 1 N–H and O–H groups in total. The van der Waals surface area contributed by atoms with Crippen LogP contribution < -0.4 is 10.3 Å². The number of para-hydroxylation sites is 2. The highest BCUT2D eigenvalue weighted by atomic mass is 19.4. The first-order chi connectivity index (χ1) is 15.3. The van der Waals surface area contributed by atoms with Crippen molar-refractivity contribution >= 4 is 22.7 Å². The van der Waals surface area contributed by atoms with E-state index in [1.807, 2.05) is 0 Å². The molecule has 4 rings (SSSR count). The first-order valence-electron chi connectivity index (χ1n) is 9.52. The quantitative estimate of drug-likeness (QED) is 0.430. The van der Waals surface area contributed by atoms with E-state index >= 15 is 0 Å². The smallest absolute Gasteiger partial charge is 0.416 e. The summed E-state index contributed by atoms with van der Waals surface area (Å²) in [6, 6.07) is 17.8. The van der Waals surface area contributed by atoms with Crippen LogP contribution in [-0.4, -0.2) is 23.0 Å². The molecule has 0 spiro atoms. The lowest BCUT2D eigenvalue weighted by molar-refractivity contribution is -0.137. The largest absolute Gasteiger partial charge is 0.495 e. The van der Waals surface area contributed by atoms with Gasteiger partial charge in [-0.05, 0) is 36.4 Å². The zero-order valence-electron chi connectivity index (χ0n) is 16.8. The van der Waals surface area contributed by atoms with Crippen LogP contribution in [-0.2, 0) is 6.18 Å². The molecule has 4 aromatic rings. The molecule has 0 bridgehead atoms. The molecule has 0 radical (unpaired) electrons. The Hall–Kier alpha value is -4.07. The van der Waals surface area contributed by atoms with Crippen LogP contribution in [0.3, 0.4) is 0 Å². The van der Waals surface area contributed by atoms with E-state index in [0.29, 0.717) is 22.2 Å². The Bertz CT molecular complexity index is 1390. The number of hydrogen-bond donors (Lipinski definition) is 1. The van der Waals surface area contributed by atoms with E-state index < -0.39 is 23.2 Å². The number of rotatable bonds is 4. The summed E-state index contributed by atoms with van der Waals surface area (Å²) >= 11 is 0. The lowest BCUT2D eigenvalue weighted by Crippen LogP contribution is -2.20. The van der Waals surface area contributed by atoms with Gasteiger partial charge in [-0.15, -0.1) is 0 Å². The lowest BCUT2D eigenvalue weighted by Gasteiger charge is -2.16. The summed E-state index contributed by atoms with van der Waals surface area (Å²) in [5, 5.41) is 11.8. The number of aromatic hydroxyl groups is 1. The first kappa shape index (κ1) is 21.2. The maximum absolute atomic E-state index is 13.2. The normalized spacial score (nSPS) is 11.9. The van der Waals surface area contributed by atoms with Crippen molar-refractivity contribution in [2.45, 2.75) is 6.18 Å². The highest BCUT2D eigenvalue weighted by Crippen LogP contribution is 2.33. The van der Waals surface area contributed by atoms with Gasteiger partial charge in [0.15, 0.2) is 0 Å². The van der Waals surface area contributed by atoms with Crippen LogP contribution in [0.4, 0.5) is 18.9 Å². The Morgan fingerprint density at radius 3 is 2.38 bits per heavy atom. The Morgan fingerprint density at radius 2 is 1.66 bits per heavy atom. The SMILES string of the molecule is COc1ccccc1-n1c(O)c(C=Nc2cccc(C(F)(F)F)c2)c2ccccc2c1=O. The van der Waals surface area contributed by atoms with E-state index in [-0.39, 0.29) is 11.3 Å². The molecule has 32 heavy (non-hydrogen) atoms. The number of fused-ring (bicyclic) bond motifs is 1. The zero-order valence-corrected chi connectivity index (χ0v) is 16.8. The fourth-order valence-corrected chi connectivity index (χ4v) is 3.43. The molecule has 0 fully saturated rings. The van der Waals surface area contributed by atoms with Crippen LogP contribution in [0.25, 0.3) is 16.5 Å². The van der Waals surface area contributed by atoms with E-state index in [1.165, 1.54) is 25.5 Å². The van der Waals surface area contributed by atoms with Crippen LogP contribution >= 0.6 is 0 Å². The van der Waals surface area contributed by atoms with Gasteiger partial charge in [-0.25, -0.2) is 4.57 Å². The van der Waals surface area contributed by atoms with E-state index in [9.17, 15) is 23.1 Å². The second-order valence-corrected chi connectivity index (χ2v) is 6.90. The van der Waals surface area contributed by atoms with Crippen LogP contribution in [0.15, 0.2) is 82.6 Å². The molecular weight excluding hydrogens is 421 g/mol. The maximum Gasteiger partial charge on any atom is 0.416 e. The summed E-state index contributed by atoms with van der Waals surface area (Å²) in [6.07, 6.45) is -3.25. The molecule has 0 amide bonds. The number of ether oxygens (including phenoxy) is 1. The van der Waals surface area contributed by atoms with Crippen molar-refractivity contribution in [2.24, 2.45) is 4.99 Å². The van der Waals surface area contributed by atoms with Gasteiger partial charge in [0.2, 0.25) is 5.88 Å². The molecule has 5 nitrogen and oxygen atoms in total. The Labute approximate surface area is 180 Å². The molecule has 8 heteroatoms. The van der Waals surface area contributed by atoms with Gasteiger partial charge in [0.1, 0.15) is 5.75 Å². The van der Waals surface area contributed by atoms with Crippen molar-refractivity contribution in [3.63, 3.8) is 0 Å². The first-order valence-corrected chi connectivity index (χ1v) is 9.52. The number of methoxy groups -OCH3 is 1. The van der Waals surface area contributed by atoms with E-state index in [1.54, 1.807) is 48.5 Å². The van der Waals surface area contributed by atoms with Crippen LogP contribution in [0.5, 0.6) is 11.6 Å². The molecule has 0 aliphatic carbocycles. The number of hydrogen-bond acceptors (Lipinski definition) is 4. The predicted molar refractivity (Wildman–Crippen MR) is 116 cm³/mol. The Kier molecular flexibility index (Phi) is 5.44. The van der Waals surface area contributed by atoms with E-state index in [0.717, 1.165) is 16.7 Å². The van der Waals surface area contributed by atoms with Crippen molar-refractivity contribution < 1.29 is 23.0 Å². The third-order valence-electron chi connectivity index (χ3n) is 4.95. The maximum atomic E-state index is 13.2. The fourth-order valence-electron chi connectivity index (χ4n) is 3.43. The van der Waals surface area contributed by atoms with Gasteiger partial charge in [0.05, 0.1) is 29.6 Å². The minimum Gasteiger partial charge on any atom is -0.495 e. The molecule has 162 valence electrons. The Balaban J connectivity index is 1.94. The summed E-state index contributed by atoms with van der Waals surface area (Å²) in [5.41, 5.74) is -0.752. The predicted octanol–water partition coefficient (Wildman–Crippen LogP) is 5.47. The molecule has 1 aromatic heterocycles. The monoisotopic (exact) mass is 438 g/mol. The van der Waals surface area contributed by atoms with Crippen LogP contribution in [0.2, 0.25) is 0 Å². The summed E-state index contributed by atoms with van der Waals surface area (Å²) in [4.78, 5) is 17.3. The molecule has 1 heterocycles. The second kappa shape index (κ2) is 8.22. The lowest BCUT2D eigenvalue weighted by atomic mass is 10.1. The molecule has 0 aliphatic heterocycles. The summed E-state index contributed by atoms with van der Waals surface area (Å²) in [5.74, 6) is -0.0464. The van der Waals surface area contributed by atoms with Crippen LogP contribution in [0, 0.1) is 0 Å². The van der Waals surface area contributed by atoms with E-state index in [4.69, 9.17) is 4.74 Å². The molecule has 0 unspecified atom stereocenters. The molecule has 3 aromatic carbocycles. The highest BCUT2D eigenvalue weighted by Gasteiger charge is 2.30. The minimum absolute atomic E-state index is 0.0540. The van der Waals surface area contributed by atoms with Gasteiger partial charge in [-0.3, -0.25) is 9.79 Å². The molecule has 0 saturated heterocycles. The third-order valence-corrected chi connectivity index (χ3v) is 4.95. The van der Waals surface area contributed by atoms with Gasteiger partial charge in [-0.1, -0.05) is 36.4 Å². The number of alkyl halides is 3. The molecule has 0 atom stereocenters. The number of halogens is 3.